The van der Waals surface area contributed by atoms with Crippen molar-refractivity contribution in [2.75, 3.05) is 5.32 Å². The van der Waals surface area contributed by atoms with E-state index in [9.17, 15) is 22.8 Å². The minimum absolute atomic E-state index is 0.0393. The number of alkyl halides is 3. The Labute approximate surface area is 173 Å². The topological polar surface area (TPSA) is 75.6 Å². The highest BCUT2D eigenvalue weighted by atomic mass is 32.1. The zero-order chi connectivity index (χ0) is 21.7. The molecule has 0 atom stereocenters. The van der Waals surface area contributed by atoms with Gasteiger partial charge in [-0.3, -0.25) is 4.79 Å². The number of aryl methyl sites for hydroxylation is 1. The third-order valence-electron chi connectivity index (χ3n) is 4.18. The molecule has 1 heterocycles. The van der Waals surface area contributed by atoms with Gasteiger partial charge < -0.3 is 15.2 Å². The third kappa shape index (κ3) is 5.60. The van der Waals surface area contributed by atoms with E-state index in [0.29, 0.717) is 17.5 Å². The average Bonchev–Trinajstić information content (AvgIpc) is 3.14. The molecule has 1 aromatic heterocycles. The maximum Gasteiger partial charge on any atom is 0.573 e. The van der Waals surface area contributed by atoms with Crippen molar-refractivity contribution in [1.29, 1.82) is 0 Å². The number of carboxylic acid groups (broad SMARTS) is 1. The number of ether oxygens (including phenoxy) is 1. The van der Waals surface area contributed by atoms with Gasteiger partial charge in [-0.05, 0) is 23.6 Å². The second kappa shape index (κ2) is 9.00. The fraction of sp³-hybridized carbons (Fsp3) is 0.143. The highest BCUT2D eigenvalue weighted by Crippen LogP contribution is 2.33. The summed E-state index contributed by atoms with van der Waals surface area (Å²) in [5.74, 6) is -1.73. The van der Waals surface area contributed by atoms with E-state index in [0.717, 1.165) is 5.56 Å². The molecule has 0 radical (unpaired) electrons. The number of hydrogen-bond acceptors (Lipinski definition) is 4. The molecule has 0 unspecified atom stereocenters. The van der Waals surface area contributed by atoms with Crippen LogP contribution in [0.15, 0.2) is 59.3 Å². The predicted octanol–water partition coefficient (Wildman–Crippen LogP) is 5.58. The number of aromatic carboxylic acids is 1. The Bertz CT molecular complexity index is 1040. The van der Waals surface area contributed by atoms with Crippen molar-refractivity contribution in [3.8, 4) is 16.9 Å². The molecule has 2 aromatic carbocycles. The normalized spacial score (nSPS) is 11.2. The van der Waals surface area contributed by atoms with Crippen LogP contribution < -0.4 is 10.1 Å². The van der Waals surface area contributed by atoms with Gasteiger partial charge in [-0.2, -0.15) is 0 Å². The van der Waals surface area contributed by atoms with E-state index in [2.05, 4.69) is 10.1 Å². The van der Waals surface area contributed by atoms with Crippen LogP contribution in [0.1, 0.15) is 22.3 Å². The van der Waals surface area contributed by atoms with E-state index < -0.39 is 12.3 Å². The lowest BCUT2D eigenvalue weighted by molar-refractivity contribution is -0.274. The van der Waals surface area contributed by atoms with Gasteiger partial charge >= 0.3 is 12.3 Å². The van der Waals surface area contributed by atoms with E-state index >= 15 is 0 Å². The van der Waals surface area contributed by atoms with Crippen molar-refractivity contribution >= 4 is 28.9 Å². The minimum Gasteiger partial charge on any atom is -0.478 e. The summed E-state index contributed by atoms with van der Waals surface area (Å²) in [5.41, 5.74) is 1.96. The Morgan fingerprint density at radius 3 is 2.40 bits per heavy atom. The van der Waals surface area contributed by atoms with Crippen LogP contribution in [-0.2, 0) is 11.2 Å². The van der Waals surface area contributed by atoms with Crippen LogP contribution in [0, 0.1) is 0 Å². The molecule has 0 spiro atoms. The zero-order valence-electron chi connectivity index (χ0n) is 15.4. The molecule has 0 fully saturated rings. The first kappa shape index (κ1) is 21.4. The Morgan fingerprint density at radius 1 is 1.03 bits per heavy atom. The SMILES string of the molecule is O=C(CCc1ccc(-c2ccccc2OC(F)(F)F)cc1)Nc1cscc1C(=O)O. The molecular weight excluding hydrogens is 419 g/mol. The fourth-order valence-electron chi connectivity index (χ4n) is 2.80. The second-order valence-corrected chi connectivity index (χ2v) is 7.04. The second-order valence-electron chi connectivity index (χ2n) is 6.29. The molecule has 0 aliphatic rings. The quantitative estimate of drug-likeness (QED) is 0.508. The van der Waals surface area contributed by atoms with Gasteiger partial charge in [0.1, 0.15) is 5.75 Å². The molecule has 0 bridgehead atoms. The molecule has 2 N–H and O–H groups in total. The van der Waals surface area contributed by atoms with E-state index in [-0.39, 0.29) is 29.3 Å². The van der Waals surface area contributed by atoms with Crippen LogP contribution in [0.2, 0.25) is 0 Å². The smallest absolute Gasteiger partial charge is 0.478 e. The number of thiophene rings is 1. The van der Waals surface area contributed by atoms with Crippen LogP contribution in [0.4, 0.5) is 18.9 Å². The Hall–Kier alpha value is -3.33. The number of nitrogens with one attached hydrogen (secondary N) is 1. The van der Waals surface area contributed by atoms with Crippen LogP contribution in [0.25, 0.3) is 11.1 Å². The van der Waals surface area contributed by atoms with E-state index in [1.54, 1.807) is 35.7 Å². The van der Waals surface area contributed by atoms with E-state index in [1.807, 2.05) is 0 Å². The minimum atomic E-state index is -4.79. The number of anilines is 1. The number of halogens is 3. The third-order valence-corrected chi connectivity index (χ3v) is 4.93. The van der Waals surface area contributed by atoms with Crippen molar-refractivity contribution in [1.82, 2.24) is 0 Å². The first-order chi connectivity index (χ1) is 14.2. The predicted molar refractivity (Wildman–Crippen MR) is 107 cm³/mol. The van der Waals surface area contributed by atoms with Gasteiger partial charge in [0.25, 0.3) is 0 Å². The summed E-state index contributed by atoms with van der Waals surface area (Å²) in [5, 5.41) is 14.6. The summed E-state index contributed by atoms with van der Waals surface area (Å²) in [6.07, 6.45) is -4.27. The summed E-state index contributed by atoms with van der Waals surface area (Å²) in [7, 11) is 0. The number of carboxylic acids is 1. The molecule has 0 saturated heterocycles. The highest BCUT2D eigenvalue weighted by molar-refractivity contribution is 7.08. The summed E-state index contributed by atoms with van der Waals surface area (Å²) in [4.78, 5) is 23.2. The maximum absolute atomic E-state index is 12.6. The number of hydrogen-bond donors (Lipinski definition) is 2. The van der Waals surface area contributed by atoms with E-state index in [1.165, 1.54) is 34.9 Å². The molecular formula is C21H16F3NO4S. The molecule has 3 rings (SSSR count). The molecule has 0 aliphatic carbocycles. The Kier molecular flexibility index (Phi) is 6.41. The van der Waals surface area contributed by atoms with Crippen molar-refractivity contribution < 1.29 is 32.6 Å². The van der Waals surface area contributed by atoms with Gasteiger partial charge in [-0.15, -0.1) is 24.5 Å². The molecule has 9 heteroatoms. The summed E-state index contributed by atoms with van der Waals surface area (Å²) >= 11 is 1.18. The first-order valence-corrected chi connectivity index (χ1v) is 9.70. The molecule has 5 nitrogen and oxygen atoms in total. The molecule has 0 aliphatic heterocycles. The molecule has 30 heavy (non-hydrogen) atoms. The number of amides is 1. The summed E-state index contributed by atoms with van der Waals surface area (Å²) < 4.78 is 41.8. The van der Waals surface area contributed by atoms with Crippen LogP contribution >= 0.6 is 11.3 Å². The van der Waals surface area contributed by atoms with Crippen molar-refractivity contribution in [2.45, 2.75) is 19.2 Å². The molecule has 1 amide bonds. The maximum atomic E-state index is 12.6. The van der Waals surface area contributed by atoms with Gasteiger partial charge in [0, 0.05) is 22.7 Å². The lowest BCUT2D eigenvalue weighted by Crippen LogP contribution is -2.17. The van der Waals surface area contributed by atoms with E-state index in [4.69, 9.17) is 5.11 Å². The zero-order valence-corrected chi connectivity index (χ0v) is 16.2. The van der Waals surface area contributed by atoms with Gasteiger partial charge in [0.2, 0.25) is 5.91 Å². The number of para-hydroxylation sites is 1. The van der Waals surface area contributed by atoms with Gasteiger partial charge in [-0.1, -0.05) is 42.5 Å². The average molecular weight is 435 g/mol. The van der Waals surface area contributed by atoms with Crippen LogP contribution in [-0.4, -0.2) is 23.3 Å². The number of rotatable bonds is 7. The van der Waals surface area contributed by atoms with Crippen molar-refractivity contribution in [2.24, 2.45) is 0 Å². The Balaban J connectivity index is 1.64. The van der Waals surface area contributed by atoms with Gasteiger partial charge in [0.15, 0.2) is 0 Å². The lowest BCUT2D eigenvalue weighted by Gasteiger charge is -2.13. The van der Waals surface area contributed by atoms with Crippen LogP contribution in [0.3, 0.4) is 0 Å². The highest BCUT2D eigenvalue weighted by Gasteiger charge is 2.32. The standard InChI is InChI=1S/C21H16F3NO4S/c22-21(23,24)29-18-4-2-1-3-15(18)14-8-5-13(6-9-14)7-10-19(26)25-17-12-30-11-16(17)20(27)28/h1-6,8-9,11-12H,7,10H2,(H,25,26)(H,27,28). The summed E-state index contributed by atoms with van der Waals surface area (Å²) in [6, 6.07) is 12.6. The largest absolute Gasteiger partial charge is 0.573 e. The van der Waals surface area contributed by atoms with Crippen LogP contribution in [0.5, 0.6) is 5.75 Å². The number of carbonyl (C=O) groups excluding carboxylic acids is 1. The fourth-order valence-corrected chi connectivity index (χ4v) is 3.55. The lowest BCUT2D eigenvalue weighted by atomic mass is 10.0. The van der Waals surface area contributed by atoms with Crippen molar-refractivity contribution in [3.63, 3.8) is 0 Å². The Morgan fingerprint density at radius 2 is 1.73 bits per heavy atom. The summed E-state index contributed by atoms with van der Waals surface area (Å²) in [6.45, 7) is 0. The number of carbonyl (C=O) groups is 2. The van der Waals surface area contributed by atoms with Crippen molar-refractivity contribution in [3.05, 3.63) is 70.4 Å². The first-order valence-electron chi connectivity index (χ1n) is 8.76. The van der Waals surface area contributed by atoms with Gasteiger partial charge in [-0.25, -0.2) is 4.79 Å². The molecule has 3 aromatic rings. The molecule has 156 valence electrons. The van der Waals surface area contributed by atoms with Gasteiger partial charge in [0.05, 0.1) is 11.3 Å². The monoisotopic (exact) mass is 435 g/mol. The number of benzene rings is 2. The molecule has 0 saturated carbocycles.